The highest BCUT2D eigenvalue weighted by Crippen LogP contribution is 2.15. The van der Waals surface area contributed by atoms with Crippen molar-refractivity contribution in [2.45, 2.75) is 12.2 Å². The molecule has 102 valence electrons. The van der Waals surface area contributed by atoms with Crippen LogP contribution in [0.4, 0.5) is 0 Å². The predicted octanol–water partition coefficient (Wildman–Crippen LogP) is 1.09. The van der Waals surface area contributed by atoms with Crippen LogP contribution in [-0.2, 0) is 19.0 Å². The zero-order valence-electron chi connectivity index (χ0n) is 10.3. The van der Waals surface area contributed by atoms with Crippen LogP contribution < -0.4 is 5.32 Å². The molecular formula is C11H17NO4S2. The Morgan fingerprint density at radius 1 is 1.56 bits per heavy atom. The van der Waals surface area contributed by atoms with E-state index in [1.54, 1.807) is 6.92 Å². The van der Waals surface area contributed by atoms with E-state index in [-0.39, 0.29) is 17.8 Å². The molecule has 0 aromatic carbocycles. The number of thiocarbonyl (C=S) groups is 1. The quantitative estimate of drug-likeness (QED) is 0.352. The van der Waals surface area contributed by atoms with E-state index in [1.807, 2.05) is 0 Å². The Morgan fingerprint density at radius 2 is 2.22 bits per heavy atom. The summed E-state index contributed by atoms with van der Waals surface area (Å²) in [5.74, 6) is -0.385. The maximum absolute atomic E-state index is 11.1. The van der Waals surface area contributed by atoms with Crippen molar-refractivity contribution in [2.24, 2.45) is 0 Å². The molecule has 0 amide bonds. The molecule has 1 N–H and O–H groups in total. The molecule has 5 nitrogen and oxygen atoms in total. The molecule has 0 bridgehead atoms. The van der Waals surface area contributed by atoms with Crippen molar-refractivity contribution in [1.82, 2.24) is 5.32 Å². The third kappa shape index (κ3) is 6.34. The van der Waals surface area contributed by atoms with Gasteiger partial charge in [0.25, 0.3) is 0 Å². The predicted molar refractivity (Wildman–Crippen MR) is 74.5 cm³/mol. The van der Waals surface area contributed by atoms with Gasteiger partial charge in [-0.05, 0) is 6.92 Å². The Hall–Kier alpha value is -0.630. The molecular weight excluding hydrogens is 274 g/mol. The monoisotopic (exact) mass is 291 g/mol. The third-order valence-corrected chi connectivity index (χ3v) is 3.40. The van der Waals surface area contributed by atoms with Gasteiger partial charge in [-0.25, -0.2) is 4.79 Å². The summed E-state index contributed by atoms with van der Waals surface area (Å²) in [6.07, 6.45) is 0. The van der Waals surface area contributed by atoms with Crippen molar-refractivity contribution in [3.8, 4) is 0 Å². The van der Waals surface area contributed by atoms with Crippen LogP contribution in [0.25, 0.3) is 0 Å². The van der Waals surface area contributed by atoms with Gasteiger partial charge < -0.3 is 19.5 Å². The first-order valence-electron chi connectivity index (χ1n) is 5.52. The molecule has 1 fully saturated rings. The molecule has 0 atom stereocenters. The largest absolute Gasteiger partial charge is 0.460 e. The van der Waals surface area contributed by atoms with Gasteiger partial charge in [0.15, 0.2) is 0 Å². The van der Waals surface area contributed by atoms with E-state index in [1.165, 1.54) is 11.8 Å². The van der Waals surface area contributed by atoms with Crippen LogP contribution in [0.2, 0.25) is 0 Å². The van der Waals surface area contributed by atoms with Gasteiger partial charge in [-0.15, -0.1) is 0 Å². The van der Waals surface area contributed by atoms with E-state index < -0.39 is 0 Å². The van der Waals surface area contributed by atoms with Crippen molar-refractivity contribution < 1.29 is 19.0 Å². The number of carbonyl (C=O) groups is 1. The van der Waals surface area contributed by atoms with E-state index >= 15 is 0 Å². The van der Waals surface area contributed by atoms with E-state index in [9.17, 15) is 4.79 Å². The number of carbonyl (C=O) groups excluding carboxylic acids is 1. The van der Waals surface area contributed by atoms with Crippen LogP contribution in [0, 0.1) is 0 Å². The molecule has 1 heterocycles. The number of nitrogens with one attached hydrogen (secondary N) is 1. The summed E-state index contributed by atoms with van der Waals surface area (Å²) in [7, 11) is 0. The minimum atomic E-state index is -0.385. The summed E-state index contributed by atoms with van der Waals surface area (Å²) in [5, 5.41) is 3.22. The number of esters is 1. The molecule has 1 rings (SSSR count). The number of thioether (sulfide) groups is 1. The maximum Gasteiger partial charge on any atom is 0.333 e. The molecule has 0 unspecified atom stereocenters. The van der Waals surface area contributed by atoms with Gasteiger partial charge in [-0.3, -0.25) is 0 Å². The lowest BCUT2D eigenvalue weighted by molar-refractivity contribution is -0.138. The average molecular weight is 291 g/mol. The first kappa shape index (κ1) is 15.4. The Bertz CT molecular complexity index is 316. The summed E-state index contributed by atoms with van der Waals surface area (Å²) >= 11 is 6.65. The molecule has 0 aliphatic carbocycles. The number of hydrogen-bond donors (Lipinski definition) is 1. The lowest BCUT2D eigenvalue weighted by atomic mass is 10.4. The fourth-order valence-corrected chi connectivity index (χ4v) is 2.47. The summed E-state index contributed by atoms with van der Waals surface area (Å²) < 4.78 is 15.9. The zero-order chi connectivity index (χ0) is 13.4. The maximum atomic E-state index is 11.1. The average Bonchev–Trinajstić information content (AvgIpc) is 2.35. The zero-order valence-corrected chi connectivity index (χ0v) is 11.9. The summed E-state index contributed by atoms with van der Waals surface area (Å²) in [6.45, 7) is 7.48. The van der Waals surface area contributed by atoms with Crippen molar-refractivity contribution >= 4 is 34.3 Å². The van der Waals surface area contributed by atoms with Crippen molar-refractivity contribution in [3.05, 3.63) is 12.2 Å². The molecule has 18 heavy (non-hydrogen) atoms. The summed E-state index contributed by atoms with van der Waals surface area (Å²) in [6, 6.07) is 0. The Balaban J connectivity index is 2.06. The van der Waals surface area contributed by atoms with E-state index in [4.69, 9.17) is 26.4 Å². The molecule has 0 aromatic heterocycles. The first-order valence-corrected chi connectivity index (χ1v) is 6.81. The summed E-state index contributed by atoms with van der Waals surface area (Å²) in [5.41, 5.74) is 0.392. The standard InChI is InChI=1S/C11H17NO4S2/c1-8(2)10(13)16-4-3-12-11(17)18-9-5-14-7-15-6-9/h9H,1,3-7H2,2H3,(H,12,17). The Morgan fingerprint density at radius 3 is 2.83 bits per heavy atom. The molecule has 0 radical (unpaired) electrons. The van der Waals surface area contributed by atoms with Crippen LogP contribution >= 0.6 is 24.0 Å². The fourth-order valence-electron chi connectivity index (χ4n) is 1.15. The van der Waals surface area contributed by atoms with Crippen molar-refractivity contribution in [3.63, 3.8) is 0 Å². The second-order valence-corrected chi connectivity index (χ2v) is 5.71. The molecule has 0 saturated carbocycles. The highest BCUT2D eigenvalue weighted by molar-refractivity contribution is 8.23. The van der Waals surface area contributed by atoms with E-state index in [0.717, 1.165) is 0 Å². The van der Waals surface area contributed by atoms with Crippen LogP contribution in [0.3, 0.4) is 0 Å². The lowest BCUT2D eigenvalue weighted by Gasteiger charge is -2.22. The second kappa shape index (κ2) is 8.47. The normalized spacial score (nSPS) is 16.1. The molecule has 7 heteroatoms. The number of rotatable bonds is 5. The van der Waals surface area contributed by atoms with Crippen LogP contribution in [0.5, 0.6) is 0 Å². The fraction of sp³-hybridized carbons (Fsp3) is 0.636. The first-order chi connectivity index (χ1) is 8.59. The number of ether oxygens (including phenoxy) is 3. The SMILES string of the molecule is C=C(C)C(=O)OCCNC(=S)SC1COCOC1. The molecule has 1 aliphatic heterocycles. The molecule has 0 spiro atoms. The summed E-state index contributed by atoms with van der Waals surface area (Å²) in [4.78, 5) is 11.1. The molecule has 1 saturated heterocycles. The molecule has 1 aliphatic rings. The minimum absolute atomic E-state index is 0.219. The molecule has 0 aromatic rings. The highest BCUT2D eigenvalue weighted by Gasteiger charge is 2.16. The van der Waals surface area contributed by atoms with E-state index in [2.05, 4.69) is 11.9 Å². The van der Waals surface area contributed by atoms with Crippen molar-refractivity contribution in [1.29, 1.82) is 0 Å². The Labute approximate surface area is 116 Å². The van der Waals surface area contributed by atoms with Crippen LogP contribution in [0.15, 0.2) is 12.2 Å². The highest BCUT2D eigenvalue weighted by atomic mass is 32.2. The van der Waals surface area contributed by atoms with Crippen molar-refractivity contribution in [2.75, 3.05) is 33.2 Å². The van der Waals surface area contributed by atoms with E-state index in [0.29, 0.717) is 36.4 Å². The van der Waals surface area contributed by atoms with Gasteiger partial charge in [0.1, 0.15) is 17.7 Å². The van der Waals surface area contributed by atoms with Gasteiger partial charge in [-0.2, -0.15) is 0 Å². The van der Waals surface area contributed by atoms with Gasteiger partial charge in [0, 0.05) is 5.57 Å². The number of hydrogen-bond acceptors (Lipinski definition) is 6. The third-order valence-electron chi connectivity index (χ3n) is 2.00. The topological polar surface area (TPSA) is 56.8 Å². The van der Waals surface area contributed by atoms with Gasteiger partial charge in [-0.1, -0.05) is 30.6 Å². The Kier molecular flexibility index (Phi) is 7.26. The van der Waals surface area contributed by atoms with Gasteiger partial charge >= 0.3 is 5.97 Å². The minimum Gasteiger partial charge on any atom is -0.460 e. The van der Waals surface area contributed by atoms with Crippen LogP contribution in [0.1, 0.15) is 6.92 Å². The lowest BCUT2D eigenvalue weighted by Crippen LogP contribution is -2.31. The van der Waals surface area contributed by atoms with Gasteiger partial charge in [0.05, 0.1) is 25.0 Å². The van der Waals surface area contributed by atoms with Gasteiger partial charge in [0.2, 0.25) is 0 Å². The van der Waals surface area contributed by atoms with Crippen LogP contribution in [-0.4, -0.2) is 48.7 Å². The smallest absolute Gasteiger partial charge is 0.333 e. The second-order valence-electron chi connectivity index (χ2n) is 3.73.